The van der Waals surface area contributed by atoms with Crippen LogP contribution in [0.3, 0.4) is 0 Å². The minimum Gasteiger partial charge on any atom is -0.481 e. The molecule has 2 saturated carbocycles. The number of aliphatic carboxylic acids is 1. The number of hydrogen-bond donors (Lipinski definition) is 2. The molecule has 2 aliphatic carbocycles. The van der Waals surface area contributed by atoms with E-state index < -0.39 is 5.97 Å². The average molecular weight is 278 g/mol. The smallest absolute Gasteiger partial charge is 0.303 e. The normalized spacial score (nSPS) is 21.1. The summed E-state index contributed by atoms with van der Waals surface area (Å²) in [7, 11) is 0. The van der Waals surface area contributed by atoms with Gasteiger partial charge < -0.3 is 10.8 Å². The molecule has 3 N–H and O–H groups in total. The number of nitrogens with two attached hydrogens (primary N) is 1. The lowest BCUT2D eigenvalue weighted by atomic mass is 10.3. The van der Waals surface area contributed by atoms with Gasteiger partial charge in [0.25, 0.3) is 0 Å². The molecule has 0 aromatic heterocycles. The predicted octanol–water partition coefficient (Wildman–Crippen LogP) is 1.52. The van der Waals surface area contributed by atoms with Gasteiger partial charge in [0.05, 0.1) is 4.83 Å². The first kappa shape index (κ1) is 12.5. The van der Waals surface area contributed by atoms with Gasteiger partial charge >= 0.3 is 5.97 Å². The van der Waals surface area contributed by atoms with E-state index in [1.165, 1.54) is 0 Å². The van der Waals surface area contributed by atoms with Crippen LogP contribution in [0.25, 0.3) is 0 Å². The summed E-state index contributed by atoms with van der Waals surface area (Å²) in [6.07, 6.45) is 4.95. The maximum atomic E-state index is 10.4. The molecule has 2 aliphatic rings. The van der Waals surface area contributed by atoms with E-state index in [4.69, 9.17) is 10.8 Å². The summed E-state index contributed by atoms with van der Waals surface area (Å²) < 4.78 is 0. The van der Waals surface area contributed by atoms with Gasteiger partial charge in [0.1, 0.15) is 0 Å². The summed E-state index contributed by atoms with van der Waals surface area (Å²) in [5, 5.41) is 8.12. The average Bonchev–Trinajstić information content (AvgIpc) is 2.97. The molecule has 2 rings (SSSR count). The first-order chi connectivity index (χ1) is 7.00. The quantitative estimate of drug-likeness (QED) is 0.765. The highest BCUT2D eigenvalue weighted by atomic mass is 79.9. The zero-order valence-electron chi connectivity index (χ0n) is 8.49. The number of carbonyl (C=O) groups is 2. The molecule has 0 spiro atoms. The molecular formula is C10H16BrNO3. The molecular weight excluding hydrogens is 262 g/mol. The third-order valence-corrected chi connectivity index (χ3v) is 3.67. The standard InChI is InChI=1S/C5H8BrNO.C5H8O2/c6-4(5(7)8)3-1-2-3;6-5(7)3-4-1-2-4/h3-4H,1-2H2,(H2,7,8);4H,1-3H2,(H,6,7). The van der Waals surface area contributed by atoms with Gasteiger partial charge in [0.15, 0.2) is 0 Å². The zero-order chi connectivity index (χ0) is 11.4. The van der Waals surface area contributed by atoms with E-state index in [0.717, 1.165) is 25.7 Å². The van der Waals surface area contributed by atoms with Crippen molar-refractivity contribution in [3.05, 3.63) is 0 Å². The summed E-state index contributed by atoms with van der Waals surface area (Å²) in [5.41, 5.74) is 4.99. The van der Waals surface area contributed by atoms with Gasteiger partial charge in [-0.25, -0.2) is 0 Å². The minimum absolute atomic E-state index is 0.0671. The van der Waals surface area contributed by atoms with Crippen molar-refractivity contribution >= 4 is 27.8 Å². The van der Waals surface area contributed by atoms with E-state index in [1.807, 2.05) is 0 Å². The first-order valence-electron chi connectivity index (χ1n) is 5.16. The van der Waals surface area contributed by atoms with Crippen LogP contribution in [-0.2, 0) is 9.59 Å². The molecule has 1 unspecified atom stereocenters. The second-order valence-corrected chi connectivity index (χ2v) is 5.17. The number of hydrogen-bond acceptors (Lipinski definition) is 2. The van der Waals surface area contributed by atoms with E-state index in [-0.39, 0.29) is 10.7 Å². The van der Waals surface area contributed by atoms with Crippen molar-refractivity contribution in [3.8, 4) is 0 Å². The van der Waals surface area contributed by atoms with Gasteiger partial charge in [0, 0.05) is 6.42 Å². The lowest BCUT2D eigenvalue weighted by Gasteiger charge is -1.98. The van der Waals surface area contributed by atoms with Crippen LogP contribution in [0.4, 0.5) is 0 Å². The number of primary amides is 1. The fourth-order valence-electron chi connectivity index (χ4n) is 1.19. The van der Waals surface area contributed by atoms with Crippen LogP contribution in [0.1, 0.15) is 32.1 Å². The Morgan fingerprint density at radius 3 is 2.00 bits per heavy atom. The second kappa shape index (κ2) is 5.49. The van der Waals surface area contributed by atoms with Crippen molar-refractivity contribution in [1.29, 1.82) is 0 Å². The second-order valence-electron chi connectivity index (χ2n) is 4.18. The SMILES string of the molecule is NC(=O)C(Br)C1CC1.O=C(O)CC1CC1. The predicted molar refractivity (Wildman–Crippen MR) is 59.6 cm³/mol. The topological polar surface area (TPSA) is 80.4 Å². The van der Waals surface area contributed by atoms with Crippen LogP contribution >= 0.6 is 15.9 Å². The number of rotatable bonds is 4. The molecule has 0 bridgehead atoms. The van der Waals surface area contributed by atoms with Crippen LogP contribution in [0.5, 0.6) is 0 Å². The molecule has 2 fully saturated rings. The maximum Gasteiger partial charge on any atom is 0.303 e. The fraction of sp³-hybridized carbons (Fsp3) is 0.800. The number of amides is 1. The highest BCUT2D eigenvalue weighted by Gasteiger charge is 2.32. The molecule has 1 atom stereocenters. The number of carbonyl (C=O) groups excluding carboxylic acids is 1. The van der Waals surface area contributed by atoms with E-state index in [0.29, 0.717) is 18.3 Å². The molecule has 0 saturated heterocycles. The highest BCUT2D eigenvalue weighted by molar-refractivity contribution is 9.10. The summed E-state index contributed by atoms with van der Waals surface area (Å²) in [6, 6.07) is 0. The number of halogens is 1. The molecule has 0 aromatic rings. The summed E-state index contributed by atoms with van der Waals surface area (Å²) in [5.74, 6) is 0.181. The van der Waals surface area contributed by atoms with E-state index in [2.05, 4.69) is 15.9 Å². The number of carboxylic acids is 1. The van der Waals surface area contributed by atoms with Gasteiger partial charge in [-0.05, 0) is 37.5 Å². The van der Waals surface area contributed by atoms with Crippen molar-refractivity contribution in [1.82, 2.24) is 0 Å². The van der Waals surface area contributed by atoms with Crippen LogP contribution in [0.2, 0.25) is 0 Å². The van der Waals surface area contributed by atoms with Gasteiger partial charge in [-0.1, -0.05) is 15.9 Å². The molecule has 1 amide bonds. The molecule has 86 valence electrons. The monoisotopic (exact) mass is 277 g/mol. The Morgan fingerprint density at radius 2 is 1.87 bits per heavy atom. The Kier molecular flexibility index (Phi) is 4.57. The van der Waals surface area contributed by atoms with Crippen LogP contribution in [0.15, 0.2) is 0 Å². The van der Waals surface area contributed by atoms with E-state index in [9.17, 15) is 9.59 Å². The Morgan fingerprint density at radius 1 is 1.33 bits per heavy atom. The maximum absolute atomic E-state index is 10.4. The molecule has 0 heterocycles. The zero-order valence-corrected chi connectivity index (χ0v) is 10.1. The first-order valence-corrected chi connectivity index (χ1v) is 6.07. The van der Waals surface area contributed by atoms with Crippen molar-refractivity contribution in [3.63, 3.8) is 0 Å². The molecule has 0 radical (unpaired) electrons. The highest BCUT2D eigenvalue weighted by Crippen LogP contribution is 2.36. The summed E-state index contributed by atoms with van der Waals surface area (Å²) in [6.45, 7) is 0. The number of carboxylic acid groups (broad SMARTS) is 1. The Bertz CT molecular complexity index is 249. The van der Waals surface area contributed by atoms with Crippen molar-refractivity contribution in [2.24, 2.45) is 17.6 Å². The lowest BCUT2D eigenvalue weighted by molar-refractivity contribution is -0.137. The van der Waals surface area contributed by atoms with Crippen molar-refractivity contribution < 1.29 is 14.7 Å². The third kappa shape index (κ3) is 5.77. The molecule has 0 aliphatic heterocycles. The van der Waals surface area contributed by atoms with Crippen molar-refractivity contribution in [2.45, 2.75) is 36.9 Å². The molecule has 0 aromatic carbocycles. The van der Waals surface area contributed by atoms with Crippen LogP contribution in [0, 0.1) is 11.8 Å². The Hall–Kier alpha value is -0.580. The Labute approximate surface area is 97.3 Å². The van der Waals surface area contributed by atoms with Crippen LogP contribution < -0.4 is 5.73 Å². The minimum atomic E-state index is -0.650. The van der Waals surface area contributed by atoms with Gasteiger partial charge in [0.2, 0.25) is 5.91 Å². The summed E-state index contributed by atoms with van der Waals surface area (Å²) in [4.78, 5) is 20.1. The fourth-order valence-corrected chi connectivity index (χ4v) is 1.72. The van der Waals surface area contributed by atoms with Crippen LogP contribution in [-0.4, -0.2) is 21.8 Å². The van der Waals surface area contributed by atoms with Gasteiger partial charge in [-0.15, -0.1) is 0 Å². The lowest BCUT2D eigenvalue weighted by Crippen LogP contribution is -2.24. The Balaban J connectivity index is 0.000000151. The largest absolute Gasteiger partial charge is 0.481 e. The summed E-state index contributed by atoms with van der Waals surface area (Å²) >= 11 is 3.19. The van der Waals surface area contributed by atoms with Gasteiger partial charge in [-0.3, -0.25) is 9.59 Å². The molecule has 5 heteroatoms. The number of alkyl halides is 1. The van der Waals surface area contributed by atoms with E-state index >= 15 is 0 Å². The third-order valence-electron chi connectivity index (χ3n) is 2.47. The van der Waals surface area contributed by atoms with Crippen molar-refractivity contribution in [2.75, 3.05) is 0 Å². The molecule has 15 heavy (non-hydrogen) atoms. The van der Waals surface area contributed by atoms with Gasteiger partial charge in [-0.2, -0.15) is 0 Å². The van der Waals surface area contributed by atoms with E-state index in [1.54, 1.807) is 0 Å². The molecule has 4 nitrogen and oxygen atoms in total.